The van der Waals surface area contributed by atoms with E-state index in [2.05, 4.69) is 9.72 Å². The van der Waals surface area contributed by atoms with Gasteiger partial charge in [-0.25, -0.2) is 18.2 Å². The Labute approximate surface area is 123 Å². The van der Waals surface area contributed by atoms with Crippen LogP contribution in [0.25, 0.3) is 0 Å². The molecule has 2 heterocycles. The first-order valence-corrected chi connectivity index (χ1v) is 8.86. The zero-order valence-electron chi connectivity index (χ0n) is 10.4. The number of aromatic nitrogens is 1. The number of thiazole rings is 1. The number of anilines is 1. The number of esters is 1. The molecule has 0 bridgehead atoms. The Morgan fingerprint density at radius 3 is 2.95 bits per heavy atom. The van der Waals surface area contributed by atoms with Crippen molar-refractivity contribution >= 4 is 48.1 Å². The fourth-order valence-corrected chi connectivity index (χ4v) is 4.13. The smallest absolute Gasteiger partial charge is 0.349 e. The molecule has 1 aliphatic heterocycles. The van der Waals surface area contributed by atoms with Crippen molar-refractivity contribution in [3.8, 4) is 0 Å². The van der Waals surface area contributed by atoms with Gasteiger partial charge in [0.2, 0.25) is 15.0 Å². The summed E-state index contributed by atoms with van der Waals surface area (Å²) in [6, 6.07) is 0. The lowest BCUT2D eigenvalue weighted by atomic mass is 10.1. The number of methoxy groups -OCH3 is 1. The highest BCUT2D eigenvalue weighted by molar-refractivity contribution is 8.13. The summed E-state index contributed by atoms with van der Waals surface area (Å²) in [5.74, 6) is -1.39. The van der Waals surface area contributed by atoms with Crippen molar-refractivity contribution in [1.29, 1.82) is 0 Å². The van der Waals surface area contributed by atoms with Crippen molar-refractivity contribution in [2.75, 3.05) is 24.3 Å². The highest BCUT2D eigenvalue weighted by Crippen LogP contribution is 2.30. The number of rotatable bonds is 4. The molecule has 1 aromatic rings. The van der Waals surface area contributed by atoms with Gasteiger partial charge in [-0.2, -0.15) is 0 Å². The van der Waals surface area contributed by atoms with E-state index in [1.54, 1.807) is 0 Å². The second-order valence-corrected chi connectivity index (χ2v) is 8.11. The maximum atomic E-state index is 11.9. The third-order valence-corrected chi connectivity index (χ3v) is 5.00. The lowest BCUT2D eigenvalue weighted by Gasteiger charge is -2.12. The minimum atomic E-state index is -3.65. The van der Waals surface area contributed by atoms with Gasteiger partial charge in [0.1, 0.15) is 4.88 Å². The van der Waals surface area contributed by atoms with Gasteiger partial charge in [0.25, 0.3) is 0 Å². The molecule has 0 spiro atoms. The standard InChI is InChI=1S/C10H11ClN2O5S2/c1-18-9(15)7-3-12-10(19-7)13-4-6(2-8(13)14)5-20(11,16)17/h3,6H,2,4-5H2,1H3. The van der Waals surface area contributed by atoms with Gasteiger partial charge in [-0.3, -0.25) is 9.69 Å². The third-order valence-electron chi connectivity index (χ3n) is 2.75. The van der Waals surface area contributed by atoms with E-state index in [9.17, 15) is 18.0 Å². The molecular formula is C10H11ClN2O5S2. The van der Waals surface area contributed by atoms with Gasteiger partial charge >= 0.3 is 5.97 Å². The number of amides is 1. The molecule has 1 unspecified atom stereocenters. The molecule has 0 radical (unpaired) electrons. The van der Waals surface area contributed by atoms with E-state index in [-0.39, 0.29) is 35.4 Å². The van der Waals surface area contributed by atoms with Crippen molar-refractivity contribution in [3.63, 3.8) is 0 Å². The van der Waals surface area contributed by atoms with Gasteiger partial charge in [-0.1, -0.05) is 11.3 Å². The van der Waals surface area contributed by atoms with Crippen LogP contribution in [-0.4, -0.2) is 44.7 Å². The molecule has 1 aromatic heterocycles. The maximum Gasteiger partial charge on any atom is 0.349 e. The molecule has 1 fully saturated rings. The summed E-state index contributed by atoms with van der Waals surface area (Å²) in [7, 11) is 2.79. The summed E-state index contributed by atoms with van der Waals surface area (Å²) in [4.78, 5) is 28.8. The maximum absolute atomic E-state index is 11.9. The summed E-state index contributed by atoms with van der Waals surface area (Å²) in [5, 5.41) is 0.352. The first-order valence-electron chi connectivity index (χ1n) is 5.57. The fraction of sp³-hybridized carbons (Fsp3) is 0.500. The Kier molecular flexibility index (Phi) is 4.31. The zero-order chi connectivity index (χ0) is 14.9. The molecule has 20 heavy (non-hydrogen) atoms. The lowest BCUT2D eigenvalue weighted by molar-refractivity contribution is -0.117. The molecule has 10 heteroatoms. The van der Waals surface area contributed by atoms with Crippen molar-refractivity contribution < 1.29 is 22.7 Å². The summed E-state index contributed by atoms with van der Waals surface area (Å²) >= 11 is 1.02. The van der Waals surface area contributed by atoms with Crippen LogP contribution in [0, 0.1) is 5.92 Å². The predicted molar refractivity (Wildman–Crippen MR) is 73.6 cm³/mol. The lowest BCUT2D eigenvalue weighted by Crippen LogP contribution is -2.25. The minimum absolute atomic E-state index is 0.0963. The number of carbonyl (C=O) groups excluding carboxylic acids is 2. The molecule has 1 amide bonds. The highest BCUT2D eigenvalue weighted by atomic mass is 35.7. The second kappa shape index (κ2) is 5.66. The average Bonchev–Trinajstić information content (AvgIpc) is 2.92. The Balaban J connectivity index is 2.12. The monoisotopic (exact) mass is 338 g/mol. The Morgan fingerprint density at radius 2 is 2.35 bits per heavy atom. The molecule has 1 aliphatic rings. The van der Waals surface area contributed by atoms with Crippen LogP contribution >= 0.6 is 22.0 Å². The number of carbonyl (C=O) groups is 2. The topological polar surface area (TPSA) is 93.6 Å². The minimum Gasteiger partial charge on any atom is -0.465 e. The molecular weight excluding hydrogens is 328 g/mol. The van der Waals surface area contributed by atoms with Crippen molar-refractivity contribution in [2.45, 2.75) is 6.42 Å². The second-order valence-electron chi connectivity index (χ2n) is 4.28. The SMILES string of the molecule is COC(=O)c1cnc(N2CC(CS(=O)(=O)Cl)CC2=O)s1. The van der Waals surface area contributed by atoms with Crippen LogP contribution in [0.15, 0.2) is 6.20 Å². The van der Waals surface area contributed by atoms with Gasteiger partial charge in [-0.05, 0) is 0 Å². The van der Waals surface area contributed by atoms with Crippen LogP contribution in [-0.2, 0) is 18.6 Å². The molecule has 2 rings (SSSR count). The van der Waals surface area contributed by atoms with E-state index in [0.717, 1.165) is 11.3 Å². The fourth-order valence-electron chi connectivity index (χ4n) is 1.94. The number of nitrogens with zero attached hydrogens (tertiary/aromatic N) is 2. The number of ether oxygens (including phenoxy) is 1. The summed E-state index contributed by atoms with van der Waals surface area (Å²) in [6.45, 7) is 0.221. The third kappa shape index (κ3) is 3.47. The number of hydrogen-bond acceptors (Lipinski definition) is 7. The van der Waals surface area contributed by atoms with Crippen LogP contribution in [0.4, 0.5) is 5.13 Å². The molecule has 110 valence electrons. The van der Waals surface area contributed by atoms with Gasteiger partial charge in [-0.15, -0.1) is 0 Å². The van der Waals surface area contributed by atoms with Gasteiger partial charge in [0.15, 0.2) is 5.13 Å². The predicted octanol–water partition coefficient (Wildman–Crippen LogP) is 0.851. The quantitative estimate of drug-likeness (QED) is 0.597. The summed E-state index contributed by atoms with van der Waals surface area (Å²) < 4.78 is 26.6. The largest absolute Gasteiger partial charge is 0.465 e. The van der Waals surface area contributed by atoms with E-state index < -0.39 is 15.0 Å². The molecule has 1 atom stereocenters. The first-order chi connectivity index (χ1) is 9.30. The summed E-state index contributed by atoms with van der Waals surface area (Å²) in [5.41, 5.74) is 0. The van der Waals surface area contributed by atoms with E-state index in [0.29, 0.717) is 5.13 Å². The summed E-state index contributed by atoms with van der Waals surface area (Å²) in [6.07, 6.45) is 1.42. The van der Waals surface area contributed by atoms with Crippen LogP contribution in [0.3, 0.4) is 0 Å². The van der Waals surface area contributed by atoms with E-state index in [4.69, 9.17) is 10.7 Å². The van der Waals surface area contributed by atoms with Gasteiger partial charge in [0, 0.05) is 29.6 Å². The van der Waals surface area contributed by atoms with Crippen molar-refractivity contribution in [3.05, 3.63) is 11.1 Å². The normalized spacial score (nSPS) is 19.4. The highest BCUT2D eigenvalue weighted by Gasteiger charge is 2.34. The zero-order valence-corrected chi connectivity index (χ0v) is 12.8. The van der Waals surface area contributed by atoms with Gasteiger partial charge in [0.05, 0.1) is 19.1 Å². The molecule has 0 aromatic carbocycles. The van der Waals surface area contributed by atoms with Crippen LogP contribution in [0.1, 0.15) is 16.1 Å². The van der Waals surface area contributed by atoms with Gasteiger partial charge < -0.3 is 4.74 Å². The molecule has 0 aliphatic carbocycles. The molecule has 0 saturated carbocycles. The number of hydrogen-bond donors (Lipinski definition) is 0. The van der Waals surface area contributed by atoms with Crippen LogP contribution < -0.4 is 4.90 Å². The Bertz CT molecular complexity index is 642. The Morgan fingerprint density at radius 1 is 1.65 bits per heavy atom. The molecule has 1 saturated heterocycles. The average molecular weight is 339 g/mol. The molecule has 0 N–H and O–H groups in total. The van der Waals surface area contributed by atoms with Crippen molar-refractivity contribution in [1.82, 2.24) is 4.98 Å². The van der Waals surface area contributed by atoms with E-state index in [1.807, 2.05) is 0 Å². The van der Waals surface area contributed by atoms with Crippen molar-refractivity contribution in [2.24, 2.45) is 5.92 Å². The molecule has 7 nitrogen and oxygen atoms in total. The Hall–Kier alpha value is -1.19. The van der Waals surface area contributed by atoms with Crippen LogP contribution in [0.5, 0.6) is 0 Å². The van der Waals surface area contributed by atoms with E-state index in [1.165, 1.54) is 18.2 Å². The number of halogens is 1. The van der Waals surface area contributed by atoms with E-state index >= 15 is 0 Å². The van der Waals surface area contributed by atoms with Crippen LogP contribution in [0.2, 0.25) is 0 Å². The first kappa shape index (κ1) is 15.2.